The molecular weight excluding hydrogens is 361 g/mol. The van der Waals surface area contributed by atoms with Crippen LogP contribution < -0.4 is 10.1 Å². The maximum Gasteiger partial charge on any atom is 0.139 e. The lowest BCUT2D eigenvalue weighted by molar-refractivity contribution is 0.300. The van der Waals surface area contributed by atoms with Gasteiger partial charge in [0.25, 0.3) is 0 Å². The van der Waals surface area contributed by atoms with E-state index in [1.165, 1.54) is 38.5 Å². The second kappa shape index (κ2) is 8.47. The lowest BCUT2D eigenvalue weighted by Gasteiger charge is -2.16. The SMILES string of the molecule is Clc1cc(OCCNC2CCCCCC2)c(Cl)cc1Br. The molecule has 0 aromatic heterocycles. The minimum Gasteiger partial charge on any atom is -0.491 e. The fourth-order valence-electron chi connectivity index (χ4n) is 2.52. The van der Waals surface area contributed by atoms with Crippen LogP contribution in [0.1, 0.15) is 38.5 Å². The van der Waals surface area contributed by atoms with E-state index >= 15 is 0 Å². The summed E-state index contributed by atoms with van der Waals surface area (Å²) in [6, 6.07) is 4.16. The molecule has 0 spiro atoms. The fourth-order valence-corrected chi connectivity index (χ4v) is 3.37. The average Bonchev–Trinajstić information content (AvgIpc) is 2.69. The van der Waals surface area contributed by atoms with Crippen molar-refractivity contribution in [3.8, 4) is 5.75 Å². The van der Waals surface area contributed by atoms with E-state index in [0.717, 1.165) is 11.0 Å². The van der Waals surface area contributed by atoms with E-state index < -0.39 is 0 Å². The van der Waals surface area contributed by atoms with Gasteiger partial charge in [0, 0.05) is 23.1 Å². The third-order valence-electron chi connectivity index (χ3n) is 3.62. The van der Waals surface area contributed by atoms with Gasteiger partial charge in [-0.1, -0.05) is 48.9 Å². The second-order valence-corrected chi connectivity index (χ2v) is 6.86. The molecule has 20 heavy (non-hydrogen) atoms. The van der Waals surface area contributed by atoms with Gasteiger partial charge >= 0.3 is 0 Å². The molecule has 0 unspecified atom stereocenters. The minimum atomic E-state index is 0.579. The van der Waals surface area contributed by atoms with Gasteiger partial charge < -0.3 is 10.1 Å². The first kappa shape index (κ1) is 16.4. The topological polar surface area (TPSA) is 21.3 Å². The highest BCUT2D eigenvalue weighted by molar-refractivity contribution is 9.10. The van der Waals surface area contributed by atoms with Crippen molar-refractivity contribution in [1.29, 1.82) is 0 Å². The number of rotatable bonds is 5. The highest BCUT2D eigenvalue weighted by atomic mass is 79.9. The quantitative estimate of drug-likeness (QED) is 0.416. The van der Waals surface area contributed by atoms with Gasteiger partial charge in [0.05, 0.1) is 10.0 Å². The summed E-state index contributed by atoms with van der Waals surface area (Å²) in [5.41, 5.74) is 0. The van der Waals surface area contributed by atoms with Crippen molar-refractivity contribution in [1.82, 2.24) is 5.32 Å². The summed E-state index contributed by atoms with van der Waals surface area (Å²) in [5.74, 6) is 0.641. The lowest BCUT2D eigenvalue weighted by Crippen LogP contribution is -2.32. The largest absolute Gasteiger partial charge is 0.491 e. The zero-order valence-electron chi connectivity index (χ0n) is 11.4. The molecular formula is C15H20BrCl2NO. The zero-order chi connectivity index (χ0) is 14.4. The number of benzene rings is 1. The van der Waals surface area contributed by atoms with Crippen LogP contribution in [0.4, 0.5) is 0 Å². The molecule has 0 bridgehead atoms. The van der Waals surface area contributed by atoms with E-state index in [1.807, 2.05) is 0 Å². The molecule has 0 atom stereocenters. The Morgan fingerprint density at radius 2 is 1.80 bits per heavy atom. The molecule has 2 rings (SSSR count). The monoisotopic (exact) mass is 379 g/mol. The first-order chi connectivity index (χ1) is 9.66. The molecule has 5 heteroatoms. The molecule has 112 valence electrons. The van der Waals surface area contributed by atoms with E-state index in [2.05, 4.69) is 21.2 Å². The van der Waals surface area contributed by atoms with Gasteiger partial charge in [-0.15, -0.1) is 0 Å². The second-order valence-electron chi connectivity index (χ2n) is 5.19. The lowest BCUT2D eigenvalue weighted by atomic mass is 10.1. The first-order valence-corrected chi connectivity index (χ1v) is 8.72. The molecule has 0 aliphatic heterocycles. The van der Waals surface area contributed by atoms with Crippen LogP contribution in [0.25, 0.3) is 0 Å². The van der Waals surface area contributed by atoms with E-state index in [4.69, 9.17) is 27.9 Å². The summed E-state index contributed by atoms with van der Waals surface area (Å²) in [6.07, 6.45) is 8.00. The van der Waals surface area contributed by atoms with Gasteiger partial charge in [0.2, 0.25) is 0 Å². The van der Waals surface area contributed by atoms with Gasteiger partial charge in [-0.2, -0.15) is 0 Å². The molecule has 1 fully saturated rings. The zero-order valence-corrected chi connectivity index (χ0v) is 14.5. The van der Waals surface area contributed by atoms with Crippen molar-refractivity contribution in [3.05, 3.63) is 26.7 Å². The first-order valence-electron chi connectivity index (χ1n) is 7.17. The Bertz CT molecular complexity index is 434. The van der Waals surface area contributed by atoms with Crippen LogP contribution in [-0.2, 0) is 0 Å². The number of hydrogen-bond acceptors (Lipinski definition) is 2. The standard InChI is InChI=1S/C15H20BrCl2NO/c16-12-9-14(18)15(10-13(12)17)20-8-7-19-11-5-3-1-2-4-6-11/h9-11,19H,1-8H2. The predicted molar refractivity (Wildman–Crippen MR) is 89.1 cm³/mol. The Balaban J connectivity index is 1.74. The van der Waals surface area contributed by atoms with E-state index in [-0.39, 0.29) is 0 Å². The van der Waals surface area contributed by atoms with Gasteiger partial charge in [-0.05, 0) is 34.8 Å². The maximum absolute atomic E-state index is 6.12. The van der Waals surface area contributed by atoms with Crippen LogP contribution in [0.3, 0.4) is 0 Å². The maximum atomic E-state index is 6.12. The van der Waals surface area contributed by atoms with Crippen LogP contribution in [0, 0.1) is 0 Å². The summed E-state index contributed by atoms with van der Waals surface area (Å²) in [6.45, 7) is 1.45. The molecule has 1 saturated carbocycles. The van der Waals surface area contributed by atoms with Gasteiger partial charge in [-0.25, -0.2) is 0 Å². The smallest absolute Gasteiger partial charge is 0.139 e. The number of nitrogens with one attached hydrogen (secondary N) is 1. The summed E-state index contributed by atoms with van der Waals surface area (Å²) in [5, 5.41) is 4.76. The molecule has 1 aliphatic carbocycles. The van der Waals surface area contributed by atoms with Crippen LogP contribution in [-0.4, -0.2) is 19.2 Å². The van der Waals surface area contributed by atoms with E-state index in [9.17, 15) is 0 Å². The van der Waals surface area contributed by atoms with Crippen molar-refractivity contribution >= 4 is 39.1 Å². The normalized spacial score (nSPS) is 16.9. The number of hydrogen-bond donors (Lipinski definition) is 1. The Hall–Kier alpha value is 0.0400. The molecule has 1 aromatic carbocycles. The predicted octanol–water partition coefficient (Wildman–Crippen LogP) is 5.45. The third-order valence-corrected chi connectivity index (χ3v) is 5.12. The van der Waals surface area contributed by atoms with Gasteiger partial charge in [0.1, 0.15) is 12.4 Å². The van der Waals surface area contributed by atoms with Crippen LogP contribution in [0.15, 0.2) is 16.6 Å². The summed E-state index contributed by atoms with van der Waals surface area (Å²) in [4.78, 5) is 0. The molecule has 0 saturated heterocycles. The molecule has 0 heterocycles. The van der Waals surface area contributed by atoms with Crippen LogP contribution >= 0.6 is 39.1 Å². The highest BCUT2D eigenvalue weighted by Gasteiger charge is 2.11. The fraction of sp³-hybridized carbons (Fsp3) is 0.600. The number of ether oxygens (including phenoxy) is 1. The van der Waals surface area contributed by atoms with Crippen molar-refractivity contribution < 1.29 is 4.74 Å². The van der Waals surface area contributed by atoms with Crippen LogP contribution in [0.2, 0.25) is 10.0 Å². The van der Waals surface area contributed by atoms with Crippen molar-refractivity contribution in [2.45, 2.75) is 44.6 Å². The Labute approximate surface area is 139 Å². The summed E-state index contributed by atoms with van der Waals surface area (Å²) >= 11 is 15.5. The van der Waals surface area contributed by atoms with Gasteiger partial charge in [0.15, 0.2) is 0 Å². The minimum absolute atomic E-state index is 0.579. The Morgan fingerprint density at radius 1 is 1.10 bits per heavy atom. The molecule has 1 aliphatic rings. The molecule has 1 N–H and O–H groups in total. The molecule has 0 amide bonds. The van der Waals surface area contributed by atoms with Crippen molar-refractivity contribution in [2.24, 2.45) is 0 Å². The molecule has 2 nitrogen and oxygen atoms in total. The Morgan fingerprint density at radius 3 is 2.50 bits per heavy atom. The van der Waals surface area contributed by atoms with Crippen LogP contribution in [0.5, 0.6) is 5.75 Å². The average molecular weight is 381 g/mol. The number of halogens is 3. The van der Waals surface area contributed by atoms with Crippen molar-refractivity contribution in [2.75, 3.05) is 13.2 Å². The van der Waals surface area contributed by atoms with Crippen molar-refractivity contribution in [3.63, 3.8) is 0 Å². The van der Waals surface area contributed by atoms with Gasteiger partial charge in [-0.3, -0.25) is 0 Å². The van der Waals surface area contributed by atoms with E-state index in [0.29, 0.717) is 28.4 Å². The summed E-state index contributed by atoms with van der Waals surface area (Å²) < 4.78 is 6.48. The third kappa shape index (κ3) is 5.10. The molecule has 1 aromatic rings. The highest BCUT2D eigenvalue weighted by Crippen LogP contribution is 2.33. The van der Waals surface area contributed by atoms with E-state index in [1.54, 1.807) is 12.1 Å². The Kier molecular flexibility index (Phi) is 6.95. The summed E-state index contributed by atoms with van der Waals surface area (Å²) in [7, 11) is 0. The molecule has 0 radical (unpaired) electrons.